The first-order valence-electron chi connectivity index (χ1n) is 3.95. The SMILES string of the molecule is O[C@H]1CCc2c(Br)c(Cl)cc(F)c21. The van der Waals surface area contributed by atoms with E-state index in [9.17, 15) is 9.50 Å². The zero-order valence-electron chi connectivity index (χ0n) is 6.65. The van der Waals surface area contributed by atoms with Crippen molar-refractivity contribution in [3.8, 4) is 0 Å². The Hall–Kier alpha value is -0.120. The third kappa shape index (κ3) is 1.39. The van der Waals surface area contributed by atoms with E-state index in [2.05, 4.69) is 15.9 Å². The highest BCUT2D eigenvalue weighted by Gasteiger charge is 2.27. The quantitative estimate of drug-likeness (QED) is 0.714. The van der Waals surface area contributed by atoms with Crippen LogP contribution in [-0.2, 0) is 6.42 Å². The maximum atomic E-state index is 13.3. The van der Waals surface area contributed by atoms with Gasteiger partial charge in [-0.05, 0) is 40.4 Å². The van der Waals surface area contributed by atoms with E-state index in [0.717, 1.165) is 5.56 Å². The minimum absolute atomic E-state index is 0.366. The molecule has 1 aliphatic rings. The van der Waals surface area contributed by atoms with Gasteiger partial charge in [0.25, 0.3) is 0 Å². The van der Waals surface area contributed by atoms with Crippen LogP contribution in [0.2, 0.25) is 5.02 Å². The van der Waals surface area contributed by atoms with E-state index < -0.39 is 11.9 Å². The molecule has 1 aliphatic carbocycles. The fourth-order valence-corrected chi connectivity index (χ4v) is 2.43. The van der Waals surface area contributed by atoms with E-state index in [1.807, 2.05) is 0 Å². The van der Waals surface area contributed by atoms with E-state index in [-0.39, 0.29) is 0 Å². The van der Waals surface area contributed by atoms with Crippen LogP contribution >= 0.6 is 27.5 Å². The van der Waals surface area contributed by atoms with Crippen molar-refractivity contribution in [2.75, 3.05) is 0 Å². The molecule has 1 N–H and O–H groups in total. The smallest absolute Gasteiger partial charge is 0.130 e. The molecule has 0 heterocycles. The lowest BCUT2D eigenvalue weighted by molar-refractivity contribution is 0.176. The summed E-state index contributed by atoms with van der Waals surface area (Å²) in [5.74, 6) is -0.409. The van der Waals surface area contributed by atoms with Gasteiger partial charge in [-0.25, -0.2) is 4.39 Å². The van der Waals surface area contributed by atoms with Crippen molar-refractivity contribution in [1.82, 2.24) is 0 Å². The molecule has 13 heavy (non-hydrogen) atoms. The molecule has 0 saturated heterocycles. The first-order chi connectivity index (χ1) is 6.11. The summed E-state index contributed by atoms with van der Waals surface area (Å²) >= 11 is 9.06. The molecule has 0 aromatic heterocycles. The van der Waals surface area contributed by atoms with Crippen molar-refractivity contribution in [3.63, 3.8) is 0 Å². The van der Waals surface area contributed by atoms with Crippen molar-refractivity contribution in [2.45, 2.75) is 18.9 Å². The second kappa shape index (κ2) is 3.23. The highest BCUT2D eigenvalue weighted by molar-refractivity contribution is 9.10. The molecule has 0 bridgehead atoms. The highest BCUT2D eigenvalue weighted by atomic mass is 79.9. The zero-order chi connectivity index (χ0) is 9.59. The van der Waals surface area contributed by atoms with Gasteiger partial charge >= 0.3 is 0 Å². The third-order valence-electron chi connectivity index (χ3n) is 2.31. The van der Waals surface area contributed by atoms with E-state index in [4.69, 9.17) is 11.6 Å². The topological polar surface area (TPSA) is 20.2 Å². The summed E-state index contributed by atoms with van der Waals surface area (Å²) in [6, 6.07) is 1.24. The normalized spacial score (nSPS) is 20.5. The number of benzene rings is 1. The standard InChI is InChI=1S/C9H7BrClFO/c10-9-4-1-2-7(13)8(4)6(12)3-5(9)11/h3,7,13H,1-2H2/t7-/m0/s1. The van der Waals surface area contributed by atoms with Crippen LogP contribution in [-0.4, -0.2) is 5.11 Å². The van der Waals surface area contributed by atoms with Crippen LogP contribution < -0.4 is 0 Å². The summed E-state index contributed by atoms with van der Waals surface area (Å²) in [5, 5.41) is 9.84. The van der Waals surface area contributed by atoms with Gasteiger partial charge in [0.05, 0.1) is 11.1 Å². The van der Waals surface area contributed by atoms with Gasteiger partial charge in [-0.2, -0.15) is 0 Å². The average Bonchev–Trinajstić information content (AvgIpc) is 2.44. The van der Waals surface area contributed by atoms with E-state index in [1.165, 1.54) is 6.07 Å². The van der Waals surface area contributed by atoms with Crippen molar-refractivity contribution < 1.29 is 9.50 Å². The molecular formula is C9H7BrClFO. The minimum Gasteiger partial charge on any atom is -0.388 e. The maximum Gasteiger partial charge on any atom is 0.130 e. The summed E-state index contributed by atoms with van der Waals surface area (Å²) in [4.78, 5) is 0. The average molecular weight is 266 g/mol. The Labute approximate surface area is 88.7 Å². The van der Waals surface area contributed by atoms with Crippen LogP contribution in [0.1, 0.15) is 23.7 Å². The number of fused-ring (bicyclic) bond motifs is 1. The molecular weight excluding hydrogens is 258 g/mol. The number of rotatable bonds is 0. The monoisotopic (exact) mass is 264 g/mol. The van der Waals surface area contributed by atoms with Gasteiger partial charge in [-0.3, -0.25) is 0 Å². The van der Waals surface area contributed by atoms with Crippen LogP contribution in [0.4, 0.5) is 4.39 Å². The summed E-state index contributed by atoms with van der Waals surface area (Å²) in [5.41, 5.74) is 1.20. The minimum atomic E-state index is -0.677. The van der Waals surface area contributed by atoms with E-state index >= 15 is 0 Å². The molecule has 2 rings (SSSR count). The second-order valence-electron chi connectivity index (χ2n) is 3.10. The predicted octanol–water partition coefficient (Wildman–Crippen LogP) is 3.22. The Balaban J connectivity index is 2.69. The molecule has 1 nitrogen and oxygen atoms in total. The summed E-state index contributed by atoms with van der Waals surface area (Å²) in [7, 11) is 0. The van der Waals surface area contributed by atoms with Crippen LogP contribution in [0.15, 0.2) is 10.5 Å². The van der Waals surface area contributed by atoms with Gasteiger partial charge in [0, 0.05) is 10.0 Å². The van der Waals surface area contributed by atoms with Crippen LogP contribution in [0, 0.1) is 5.82 Å². The second-order valence-corrected chi connectivity index (χ2v) is 4.30. The molecule has 0 radical (unpaired) electrons. The molecule has 1 atom stereocenters. The molecule has 1 aromatic carbocycles. The van der Waals surface area contributed by atoms with Gasteiger partial charge in [-0.15, -0.1) is 0 Å². The number of hydrogen-bond acceptors (Lipinski definition) is 1. The predicted molar refractivity (Wildman–Crippen MR) is 52.4 cm³/mol. The lowest BCUT2D eigenvalue weighted by atomic mass is 10.1. The van der Waals surface area contributed by atoms with Crippen molar-refractivity contribution in [1.29, 1.82) is 0 Å². The summed E-state index contributed by atoms with van der Waals surface area (Å²) in [6.45, 7) is 0. The van der Waals surface area contributed by atoms with E-state index in [0.29, 0.717) is 27.9 Å². The molecule has 4 heteroatoms. The third-order valence-corrected chi connectivity index (χ3v) is 3.74. The summed E-state index contributed by atoms with van der Waals surface area (Å²) < 4.78 is 14.0. The molecule has 0 fully saturated rings. The number of aliphatic hydroxyl groups is 1. The van der Waals surface area contributed by atoms with Crippen LogP contribution in [0.5, 0.6) is 0 Å². The molecule has 0 unspecified atom stereocenters. The Bertz CT molecular complexity index is 367. The molecule has 1 aromatic rings. The van der Waals surface area contributed by atoms with Crippen LogP contribution in [0.25, 0.3) is 0 Å². The number of halogens is 3. The molecule has 70 valence electrons. The van der Waals surface area contributed by atoms with Gasteiger partial charge in [0.2, 0.25) is 0 Å². The molecule has 0 saturated carbocycles. The Morgan fingerprint density at radius 2 is 2.31 bits per heavy atom. The first kappa shape index (κ1) is 9.44. The summed E-state index contributed by atoms with van der Waals surface area (Å²) in [6.07, 6.45) is 0.573. The fourth-order valence-electron chi connectivity index (χ4n) is 1.69. The Morgan fingerprint density at radius 1 is 1.62 bits per heavy atom. The lowest BCUT2D eigenvalue weighted by Gasteiger charge is -2.08. The van der Waals surface area contributed by atoms with Gasteiger partial charge < -0.3 is 5.11 Å². The van der Waals surface area contributed by atoms with E-state index in [1.54, 1.807) is 0 Å². The number of aliphatic hydroxyl groups excluding tert-OH is 1. The van der Waals surface area contributed by atoms with Gasteiger partial charge in [-0.1, -0.05) is 11.6 Å². The lowest BCUT2D eigenvalue weighted by Crippen LogP contribution is -1.96. The van der Waals surface area contributed by atoms with Crippen molar-refractivity contribution >= 4 is 27.5 Å². The maximum absolute atomic E-state index is 13.3. The van der Waals surface area contributed by atoms with Crippen molar-refractivity contribution in [3.05, 3.63) is 32.5 Å². The molecule has 0 aliphatic heterocycles. The Morgan fingerprint density at radius 3 is 3.00 bits per heavy atom. The highest BCUT2D eigenvalue weighted by Crippen LogP contribution is 2.40. The number of hydrogen-bond donors (Lipinski definition) is 1. The zero-order valence-corrected chi connectivity index (χ0v) is 8.99. The first-order valence-corrected chi connectivity index (χ1v) is 5.12. The van der Waals surface area contributed by atoms with Crippen molar-refractivity contribution in [2.24, 2.45) is 0 Å². The fraction of sp³-hybridized carbons (Fsp3) is 0.333. The molecule has 0 amide bonds. The van der Waals surface area contributed by atoms with Gasteiger partial charge in [0.1, 0.15) is 5.82 Å². The molecule has 0 spiro atoms. The largest absolute Gasteiger partial charge is 0.388 e. The Kier molecular flexibility index (Phi) is 2.34. The van der Waals surface area contributed by atoms with Gasteiger partial charge in [0.15, 0.2) is 0 Å². The van der Waals surface area contributed by atoms with Crippen LogP contribution in [0.3, 0.4) is 0 Å².